The van der Waals surface area contributed by atoms with E-state index in [0.717, 1.165) is 12.1 Å². The van der Waals surface area contributed by atoms with Crippen molar-refractivity contribution in [2.24, 2.45) is 5.73 Å². The molecule has 0 aliphatic carbocycles. The van der Waals surface area contributed by atoms with Crippen molar-refractivity contribution in [3.8, 4) is 11.8 Å². The molecular weight excluding hydrogens is 210 g/mol. The molecule has 17 heavy (non-hydrogen) atoms. The number of rotatable bonds is 2. The summed E-state index contributed by atoms with van der Waals surface area (Å²) in [6.45, 7) is 3.20. The van der Waals surface area contributed by atoms with E-state index in [-0.39, 0.29) is 0 Å². The average molecular weight is 225 g/mol. The van der Waals surface area contributed by atoms with Crippen molar-refractivity contribution in [1.29, 1.82) is 0 Å². The average Bonchev–Trinajstić information content (AvgIpc) is 2.73. The maximum atomic E-state index is 5.35. The lowest BCUT2D eigenvalue weighted by atomic mass is 10.1. The van der Waals surface area contributed by atoms with Crippen LogP contribution in [0.5, 0.6) is 0 Å². The van der Waals surface area contributed by atoms with Crippen molar-refractivity contribution in [1.82, 2.24) is 9.78 Å². The Labute approximate surface area is 101 Å². The molecule has 2 N–H and O–H groups in total. The van der Waals surface area contributed by atoms with Crippen LogP contribution in [-0.4, -0.2) is 16.3 Å². The largest absolute Gasteiger partial charge is 0.320 e. The second kappa shape index (κ2) is 5.33. The third-order valence-electron chi connectivity index (χ3n) is 2.37. The summed E-state index contributed by atoms with van der Waals surface area (Å²) in [6, 6.07) is 8.14. The van der Waals surface area contributed by atoms with E-state index in [1.165, 1.54) is 11.1 Å². The highest BCUT2D eigenvalue weighted by atomic mass is 15.3. The molecule has 0 amide bonds. The van der Waals surface area contributed by atoms with E-state index >= 15 is 0 Å². The van der Waals surface area contributed by atoms with Crippen molar-refractivity contribution < 1.29 is 0 Å². The number of nitrogens with two attached hydrogens (primary N) is 1. The van der Waals surface area contributed by atoms with E-state index in [1.54, 1.807) is 0 Å². The van der Waals surface area contributed by atoms with Gasteiger partial charge in [0.15, 0.2) is 0 Å². The van der Waals surface area contributed by atoms with Crippen LogP contribution >= 0.6 is 0 Å². The van der Waals surface area contributed by atoms with Gasteiger partial charge in [-0.1, -0.05) is 24.0 Å². The molecule has 3 heteroatoms. The fourth-order valence-corrected chi connectivity index (χ4v) is 1.64. The topological polar surface area (TPSA) is 43.8 Å². The number of nitrogens with zero attached hydrogens (tertiary/aromatic N) is 2. The Morgan fingerprint density at radius 1 is 1.41 bits per heavy atom. The fourth-order valence-electron chi connectivity index (χ4n) is 1.64. The van der Waals surface area contributed by atoms with Crippen molar-refractivity contribution in [2.75, 3.05) is 6.54 Å². The van der Waals surface area contributed by atoms with E-state index in [1.807, 2.05) is 36.1 Å². The Hall–Kier alpha value is -2.05. The molecule has 0 fully saturated rings. The first kappa shape index (κ1) is 11.4. The minimum absolute atomic E-state index is 0.391. The zero-order valence-electron chi connectivity index (χ0n) is 9.85. The quantitative estimate of drug-likeness (QED) is 0.788. The summed E-state index contributed by atoms with van der Waals surface area (Å²) in [7, 11) is 0. The van der Waals surface area contributed by atoms with Crippen LogP contribution in [-0.2, 0) is 6.54 Å². The summed E-state index contributed by atoms with van der Waals surface area (Å²) in [4.78, 5) is 0. The van der Waals surface area contributed by atoms with Gasteiger partial charge in [-0.05, 0) is 30.2 Å². The first-order chi connectivity index (χ1) is 8.28. The lowest BCUT2D eigenvalue weighted by Gasteiger charge is -2.02. The molecule has 0 radical (unpaired) electrons. The van der Waals surface area contributed by atoms with Gasteiger partial charge >= 0.3 is 0 Å². The Morgan fingerprint density at radius 2 is 2.29 bits per heavy atom. The van der Waals surface area contributed by atoms with Gasteiger partial charge in [-0.25, -0.2) is 0 Å². The molecule has 0 atom stereocenters. The van der Waals surface area contributed by atoms with Crippen molar-refractivity contribution in [3.63, 3.8) is 0 Å². The fraction of sp³-hybridized carbons (Fsp3) is 0.214. The monoisotopic (exact) mass is 225 g/mol. The van der Waals surface area contributed by atoms with Crippen molar-refractivity contribution >= 4 is 0 Å². The summed E-state index contributed by atoms with van der Waals surface area (Å²) < 4.78 is 1.92. The Kier molecular flexibility index (Phi) is 3.59. The lowest BCUT2D eigenvalue weighted by Crippen LogP contribution is -2.00. The lowest BCUT2D eigenvalue weighted by molar-refractivity contribution is 0.686. The molecule has 0 saturated heterocycles. The van der Waals surface area contributed by atoms with Gasteiger partial charge in [-0.3, -0.25) is 4.68 Å². The molecule has 1 heterocycles. The summed E-state index contributed by atoms with van der Waals surface area (Å²) in [5, 5.41) is 4.26. The molecule has 2 rings (SSSR count). The Morgan fingerprint density at radius 3 is 3.00 bits per heavy atom. The molecular formula is C14H15N3. The molecule has 1 aromatic heterocycles. The minimum atomic E-state index is 0.391. The second-order valence-electron chi connectivity index (χ2n) is 3.92. The van der Waals surface area contributed by atoms with Gasteiger partial charge in [0.25, 0.3) is 0 Å². The molecule has 1 aromatic carbocycles. The first-order valence-electron chi connectivity index (χ1n) is 5.55. The maximum absolute atomic E-state index is 5.35. The van der Waals surface area contributed by atoms with E-state index < -0.39 is 0 Å². The predicted octanol–water partition coefficient (Wildman–Crippen LogP) is 1.55. The van der Waals surface area contributed by atoms with E-state index in [2.05, 4.69) is 29.1 Å². The van der Waals surface area contributed by atoms with Crippen LogP contribution in [0.3, 0.4) is 0 Å². The van der Waals surface area contributed by atoms with Crippen LogP contribution in [0.25, 0.3) is 0 Å². The predicted molar refractivity (Wildman–Crippen MR) is 68.4 cm³/mol. The Bertz CT molecular complexity index is 558. The third-order valence-corrected chi connectivity index (χ3v) is 2.37. The van der Waals surface area contributed by atoms with Crippen LogP contribution in [0.1, 0.15) is 16.7 Å². The molecule has 0 aliphatic heterocycles. The van der Waals surface area contributed by atoms with Gasteiger partial charge in [0.2, 0.25) is 0 Å². The highest BCUT2D eigenvalue weighted by Gasteiger charge is 1.97. The molecule has 0 bridgehead atoms. The number of aryl methyl sites for hydroxylation is 1. The summed E-state index contributed by atoms with van der Waals surface area (Å²) in [6.07, 6.45) is 3.89. The van der Waals surface area contributed by atoms with Crippen LogP contribution in [0.2, 0.25) is 0 Å². The van der Waals surface area contributed by atoms with Crippen molar-refractivity contribution in [2.45, 2.75) is 13.5 Å². The van der Waals surface area contributed by atoms with E-state index in [9.17, 15) is 0 Å². The number of hydrogen-bond acceptors (Lipinski definition) is 2. The van der Waals surface area contributed by atoms with Crippen LogP contribution in [0.15, 0.2) is 36.7 Å². The van der Waals surface area contributed by atoms with Gasteiger partial charge in [-0.15, -0.1) is 0 Å². The van der Waals surface area contributed by atoms with Gasteiger partial charge in [0.05, 0.1) is 19.3 Å². The van der Waals surface area contributed by atoms with Gasteiger partial charge in [0.1, 0.15) is 0 Å². The number of benzene rings is 1. The van der Waals surface area contributed by atoms with E-state index in [0.29, 0.717) is 6.54 Å². The van der Waals surface area contributed by atoms with Crippen LogP contribution < -0.4 is 5.73 Å². The molecule has 2 aromatic rings. The van der Waals surface area contributed by atoms with Crippen LogP contribution in [0.4, 0.5) is 0 Å². The molecule has 86 valence electrons. The zero-order valence-corrected chi connectivity index (χ0v) is 9.85. The molecule has 0 aliphatic rings. The molecule has 0 unspecified atom stereocenters. The van der Waals surface area contributed by atoms with Crippen molar-refractivity contribution in [3.05, 3.63) is 53.3 Å². The SMILES string of the molecule is Cc1cnn(Cc2cccc(C#CCN)c2)c1. The van der Waals surface area contributed by atoms with Gasteiger partial charge in [0, 0.05) is 11.8 Å². The second-order valence-corrected chi connectivity index (χ2v) is 3.92. The maximum Gasteiger partial charge on any atom is 0.0659 e. The number of hydrogen-bond donors (Lipinski definition) is 1. The highest BCUT2D eigenvalue weighted by Crippen LogP contribution is 2.06. The van der Waals surface area contributed by atoms with E-state index in [4.69, 9.17) is 5.73 Å². The molecule has 0 saturated carbocycles. The summed E-state index contributed by atoms with van der Waals surface area (Å²) >= 11 is 0. The van der Waals surface area contributed by atoms with Gasteiger partial charge < -0.3 is 5.73 Å². The van der Waals surface area contributed by atoms with Gasteiger partial charge in [-0.2, -0.15) is 5.10 Å². The van der Waals surface area contributed by atoms with Crippen LogP contribution in [0, 0.1) is 18.8 Å². The number of aromatic nitrogens is 2. The summed E-state index contributed by atoms with van der Waals surface area (Å²) in [5.41, 5.74) is 8.71. The standard InChI is InChI=1S/C14H15N3/c1-12-9-16-17(10-12)11-14-5-2-4-13(8-14)6-3-7-15/h2,4-5,8-10H,7,11,15H2,1H3. The summed E-state index contributed by atoms with van der Waals surface area (Å²) in [5.74, 6) is 5.89. The minimum Gasteiger partial charge on any atom is -0.320 e. The smallest absolute Gasteiger partial charge is 0.0659 e. The highest BCUT2D eigenvalue weighted by molar-refractivity contribution is 5.37. The zero-order chi connectivity index (χ0) is 12.1. The third kappa shape index (κ3) is 3.20. The molecule has 3 nitrogen and oxygen atoms in total. The molecule has 0 spiro atoms. The first-order valence-corrected chi connectivity index (χ1v) is 5.55. The normalized spacial score (nSPS) is 9.76. The Balaban J connectivity index is 2.16.